The third kappa shape index (κ3) is 3.55. The van der Waals surface area contributed by atoms with Gasteiger partial charge < -0.3 is 4.74 Å². The summed E-state index contributed by atoms with van der Waals surface area (Å²) in [6.45, 7) is 0. The summed E-state index contributed by atoms with van der Waals surface area (Å²) < 4.78 is 27.5. The molecular formula is C10H6ClN3O6S. The van der Waals surface area contributed by atoms with Gasteiger partial charge in [0.2, 0.25) is 0 Å². The van der Waals surface area contributed by atoms with Crippen LogP contribution in [0.3, 0.4) is 0 Å². The summed E-state index contributed by atoms with van der Waals surface area (Å²) in [6, 6.07) is 5.14. The minimum absolute atomic E-state index is 0.0359. The number of nitrogens with zero attached hydrogens (tertiary/aromatic N) is 2. The molecule has 1 N–H and O–H groups in total. The molecule has 0 atom stereocenters. The van der Waals surface area contributed by atoms with Crippen LogP contribution in [0.15, 0.2) is 30.5 Å². The summed E-state index contributed by atoms with van der Waals surface area (Å²) in [7, 11) is 0.535. The molecule has 21 heavy (non-hydrogen) atoms. The van der Waals surface area contributed by atoms with Crippen molar-refractivity contribution < 1.29 is 22.9 Å². The fraction of sp³-hybridized carbons (Fsp3) is 0. The summed E-state index contributed by atoms with van der Waals surface area (Å²) in [5.41, 5.74) is -0.190. The molecule has 0 aliphatic carbocycles. The highest BCUT2D eigenvalue weighted by Gasteiger charge is 2.19. The lowest BCUT2D eigenvalue weighted by atomic mass is 10.1. The van der Waals surface area contributed by atoms with Gasteiger partial charge in [-0.2, -0.15) is 8.42 Å². The Labute approximate surface area is 122 Å². The van der Waals surface area contributed by atoms with Crippen LogP contribution in [0, 0.1) is 10.1 Å². The van der Waals surface area contributed by atoms with Crippen LogP contribution in [0.2, 0.25) is 0 Å². The SMILES string of the molecule is O=C(NS(=O)(=O)Cl)Oc1ccc([N+](=O)[O-])c2cccnc12. The first-order valence-electron chi connectivity index (χ1n) is 5.24. The fourth-order valence-electron chi connectivity index (χ4n) is 1.59. The van der Waals surface area contributed by atoms with E-state index < -0.39 is 20.3 Å². The molecule has 1 amide bonds. The second kappa shape index (κ2) is 5.50. The molecule has 9 nitrogen and oxygen atoms in total. The van der Waals surface area contributed by atoms with Crippen LogP contribution in [-0.2, 0) is 9.24 Å². The number of carbonyl (C=O) groups is 1. The molecular weight excluding hydrogens is 326 g/mol. The number of nitrogens with one attached hydrogen (secondary N) is 1. The molecule has 0 radical (unpaired) electrons. The van der Waals surface area contributed by atoms with Crippen molar-refractivity contribution in [3.8, 4) is 5.75 Å². The predicted molar refractivity (Wildman–Crippen MR) is 72.3 cm³/mol. The van der Waals surface area contributed by atoms with E-state index in [0.717, 1.165) is 12.1 Å². The predicted octanol–water partition coefficient (Wildman–Crippen LogP) is 1.72. The minimum Gasteiger partial charge on any atom is -0.407 e. The molecule has 11 heteroatoms. The van der Waals surface area contributed by atoms with Gasteiger partial charge in [-0.15, -0.1) is 0 Å². The maximum absolute atomic E-state index is 11.3. The molecule has 0 aliphatic heterocycles. The Bertz CT molecular complexity index is 838. The molecule has 2 rings (SSSR count). The lowest BCUT2D eigenvalue weighted by Gasteiger charge is -2.07. The van der Waals surface area contributed by atoms with E-state index in [4.69, 9.17) is 15.4 Å². The van der Waals surface area contributed by atoms with Crippen molar-refractivity contribution in [2.45, 2.75) is 0 Å². The number of aromatic nitrogens is 1. The largest absolute Gasteiger partial charge is 0.427 e. The lowest BCUT2D eigenvalue weighted by molar-refractivity contribution is -0.383. The number of amides is 1. The third-order valence-corrected chi connectivity index (χ3v) is 2.96. The second-order valence-electron chi connectivity index (χ2n) is 3.67. The number of carbonyl (C=O) groups excluding carboxylic acids is 1. The number of nitro benzene ring substituents is 1. The van der Waals surface area contributed by atoms with Crippen LogP contribution in [0.4, 0.5) is 10.5 Å². The third-order valence-electron chi connectivity index (χ3n) is 2.31. The second-order valence-corrected chi connectivity index (χ2v) is 5.97. The summed E-state index contributed by atoms with van der Waals surface area (Å²) in [4.78, 5) is 25.5. The molecule has 0 spiro atoms. The van der Waals surface area contributed by atoms with Crippen LogP contribution in [-0.4, -0.2) is 24.4 Å². The van der Waals surface area contributed by atoms with Gasteiger partial charge in [-0.1, -0.05) is 0 Å². The zero-order valence-electron chi connectivity index (χ0n) is 10.0. The molecule has 0 unspecified atom stereocenters. The van der Waals surface area contributed by atoms with E-state index in [-0.39, 0.29) is 22.3 Å². The van der Waals surface area contributed by atoms with Gasteiger partial charge in [-0.3, -0.25) is 15.1 Å². The van der Waals surface area contributed by atoms with Crippen LogP contribution in [0.1, 0.15) is 0 Å². The van der Waals surface area contributed by atoms with Crippen LogP contribution in [0.25, 0.3) is 10.9 Å². The summed E-state index contributed by atoms with van der Waals surface area (Å²) in [6.07, 6.45) is -0.0134. The smallest absolute Gasteiger partial charge is 0.407 e. The number of hydrogen-bond donors (Lipinski definition) is 1. The molecule has 0 aliphatic rings. The molecule has 0 saturated carbocycles. The molecule has 2 aromatic rings. The van der Waals surface area contributed by atoms with E-state index in [1.165, 1.54) is 23.1 Å². The lowest BCUT2D eigenvalue weighted by Crippen LogP contribution is -2.29. The van der Waals surface area contributed by atoms with Crippen molar-refractivity contribution >= 4 is 42.6 Å². The number of hydrogen-bond acceptors (Lipinski definition) is 7. The Balaban J connectivity index is 2.45. The first kappa shape index (κ1) is 14.9. The number of rotatable bonds is 3. The first-order valence-corrected chi connectivity index (χ1v) is 7.55. The van der Waals surface area contributed by atoms with Crippen LogP contribution < -0.4 is 9.46 Å². The topological polar surface area (TPSA) is 128 Å². The molecule has 1 heterocycles. The van der Waals surface area contributed by atoms with Gasteiger partial charge in [0.05, 0.1) is 10.3 Å². The highest BCUT2D eigenvalue weighted by molar-refractivity contribution is 8.12. The van der Waals surface area contributed by atoms with Crippen molar-refractivity contribution in [1.29, 1.82) is 0 Å². The molecule has 0 saturated heterocycles. The van der Waals surface area contributed by atoms with Gasteiger partial charge >= 0.3 is 15.3 Å². The first-order chi connectivity index (χ1) is 9.78. The molecule has 1 aromatic heterocycles. The fourth-order valence-corrected chi connectivity index (χ4v) is 2.02. The van der Waals surface area contributed by atoms with Gasteiger partial charge in [-0.25, -0.2) is 9.52 Å². The van der Waals surface area contributed by atoms with E-state index in [2.05, 4.69) is 4.98 Å². The Kier molecular flexibility index (Phi) is 3.91. The number of pyridine rings is 1. The number of non-ortho nitro benzene ring substituents is 1. The van der Waals surface area contributed by atoms with Gasteiger partial charge in [0, 0.05) is 22.9 Å². The van der Waals surface area contributed by atoms with Crippen LogP contribution >= 0.6 is 10.7 Å². The Morgan fingerprint density at radius 3 is 2.71 bits per heavy atom. The number of ether oxygens (including phenoxy) is 1. The van der Waals surface area contributed by atoms with E-state index in [9.17, 15) is 23.3 Å². The zero-order chi connectivity index (χ0) is 15.6. The van der Waals surface area contributed by atoms with E-state index in [1.54, 1.807) is 0 Å². The van der Waals surface area contributed by atoms with Gasteiger partial charge in [-0.05, 0) is 18.2 Å². The van der Waals surface area contributed by atoms with Crippen molar-refractivity contribution in [3.63, 3.8) is 0 Å². The normalized spacial score (nSPS) is 11.1. The highest BCUT2D eigenvalue weighted by Crippen LogP contribution is 2.31. The molecule has 1 aromatic carbocycles. The minimum atomic E-state index is -4.30. The van der Waals surface area contributed by atoms with Gasteiger partial charge in [0.1, 0.15) is 5.52 Å². The number of benzene rings is 1. The van der Waals surface area contributed by atoms with Crippen molar-refractivity contribution in [1.82, 2.24) is 9.71 Å². The number of halogens is 1. The summed E-state index contributed by atoms with van der Waals surface area (Å²) in [5, 5.41) is 11.0. The van der Waals surface area contributed by atoms with E-state index in [1.807, 2.05) is 0 Å². The monoisotopic (exact) mass is 331 g/mol. The maximum Gasteiger partial charge on any atom is 0.427 e. The average molecular weight is 332 g/mol. The quantitative estimate of drug-likeness (QED) is 0.515. The maximum atomic E-state index is 11.3. The summed E-state index contributed by atoms with van der Waals surface area (Å²) in [5.74, 6) is -0.144. The Morgan fingerprint density at radius 2 is 2.10 bits per heavy atom. The molecule has 0 fully saturated rings. The van der Waals surface area contributed by atoms with E-state index in [0.29, 0.717) is 0 Å². The van der Waals surface area contributed by atoms with Crippen molar-refractivity contribution in [2.24, 2.45) is 0 Å². The summed E-state index contributed by atoms with van der Waals surface area (Å²) >= 11 is 0. The standard InChI is InChI=1S/C10H6ClN3O6S/c11-21(18,19)13-10(15)20-8-4-3-7(14(16)17)6-2-1-5-12-9(6)8/h1-5H,(H,13,15). The number of nitro groups is 1. The molecule has 110 valence electrons. The molecule has 0 bridgehead atoms. The highest BCUT2D eigenvalue weighted by atomic mass is 35.7. The average Bonchev–Trinajstić information content (AvgIpc) is 2.36. The van der Waals surface area contributed by atoms with Crippen molar-refractivity contribution in [3.05, 3.63) is 40.6 Å². The Morgan fingerprint density at radius 1 is 1.38 bits per heavy atom. The van der Waals surface area contributed by atoms with E-state index >= 15 is 0 Å². The van der Waals surface area contributed by atoms with Gasteiger partial charge in [0.15, 0.2) is 5.75 Å². The van der Waals surface area contributed by atoms with Crippen molar-refractivity contribution in [2.75, 3.05) is 0 Å². The van der Waals surface area contributed by atoms with Gasteiger partial charge in [0.25, 0.3) is 5.69 Å². The Hall–Kier alpha value is -2.46. The number of fused-ring (bicyclic) bond motifs is 1. The van der Waals surface area contributed by atoms with Crippen LogP contribution in [0.5, 0.6) is 5.75 Å². The zero-order valence-corrected chi connectivity index (χ0v) is 11.6.